The molecular formula is C33H36N6O4. The first-order valence-electron chi connectivity index (χ1n) is 14.6. The first kappa shape index (κ1) is 29.9. The minimum absolute atomic E-state index is 0.0537. The van der Waals surface area contributed by atoms with Gasteiger partial charge >= 0.3 is 11.9 Å². The molecule has 0 saturated carbocycles. The van der Waals surface area contributed by atoms with Gasteiger partial charge in [0.2, 0.25) is 0 Å². The number of ether oxygens (including phenoxy) is 1. The molecule has 2 aliphatic heterocycles. The molecule has 2 saturated heterocycles. The highest BCUT2D eigenvalue weighted by atomic mass is 16.5. The molecule has 0 bridgehead atoms. The van der Waals surface area contributed by atoms with Gasteiger partial charge in [0.05, 0.1) is 18.5 Å². The number of hydrogen-bond acceptors (Lipinski definition) is 9. The SMILES string of the molecule is COC(=O)c1cc(CN2CCCC2)nc(-c2ccccc2)n1.O=C(O)c1cc(CN2CCCC2)nc(-c2ccccc2)n1. The molecule has 1 N–H and O–H groups in total. The van der Waals surface area contributed by atoms with Crippen molar-refractivity contribution >= 4 is 11.9 Å². The number of methoxy groups -OCH3 is 1. The Balaban J connectivity index is 0.000000171. The van der Waals surface area contributed by atoms with Crippen molar-refractivity contribution in [2.24, 2.45) is 0 Å². The van der Waals surface area contributed by atoms with Crippen LogP contribution >= 0.6 is 0 Å². The molecule has 0 unspecified atom stereocenters. The van der Waals surface area contributed by atoms with Crippen LogP contribution in [0, 0.1) is 0 Å². The molecule has 43 heavy (non-hydrogen) atoms. The Labute approximate surface area is 251 Å². The summed E-state index contributed by atoms with van der Waals surface area (Å²) in [4.78, 5) is 45.4. The van der Waals surface area contributed by atoms with Gasteiger partial charge in [0.25, 0.3) is 0 Å². The maximum atomic E-state index is 11.9. The highest BCUT2D eigenvalue weighted by molar-refractivity contribution is 5.87. The monoisotopic (exact) mass is 580 g/mol. The van der Waals surface area contributed by atoms with Crippen molar-refractivity contribution in [3.05, 3.63) is 95.6 Å². The maximum Gasteiger partial charge on any atom is 0.356 e. The lowest BCUT2D eigenvalue weighted by atomic mass is 10.2. The van der Waals surface area contributed by atoms with Crippen LogP contribution in [-0.2, 0) is 17.8 Å². The van der Waals surface area contributed by atoms with Gasteiger partial charge in [-0.1, -0.05) is 60.7 Å². The first-order chi connectivity index (χ1) is 21.0. The van der Waals surface area contributed by atoms with Gasteiger partial charge in [-0.05, 0) is 64.0 Å². The summed E-state index contributed by atoms with van der Waals surface area (Å²) in [7, 11) is 1.37. The number of carboxylic acids is 1. The van der Waals surface area contributed by atoms with Gasteiger partial charge in [-0.3, -0.25) is 9.80 Å². The molecule has 0 aliphatic carbocycles. The van der Waals surface area contributed by atoms with Crippen LogP contribution in [0.2, 0.25) is 0 Å². The number of rotatable bonds is 8. The van der Waals surface area contributed by atoms with Crippen molar-refractivity contribution in [3.8, 4) is 22.8 Å². The van der Waals surface area contributed by atoms with E-state index in [-0.39, 0.29) is 5.69 Å². The maximum absolute atomic E-state index is 11.9. The van der Waals surface area contributed by atoms with Gasteiger partial charge in [0.1, 0.15) is 0 Å². The normalized spacial score (nSPS) is 15.1. The molecule has 2 aliphatic rings. The van der Waals surface area contributed by atoms with E-state index in [2.05, 4.69) is 29.7 Å². The molecule has 0 radical (unpaired) electrons. The number of likely N-dealkylation sites (tertiary alicyclic amines) is 2. The second kappa shape index (κ2) is 14.6. The highest BCUT2D eigenvalue weighted by Gasteiger charge is 2.18. The Morgan fingerprint density at radius 2 is 1.09 bits per heavy atom. The first-order valence-corrected chi connectivity index (χ1v) is 14.6. The van der Waals surface area contributed by atoms with E-state index in [4.69, 9.17) is 4.74 Å². The van der Waals surface area contributed by atoms with Gasteiger partial charge in [-0.15, -0.1) is 0 Å². The number of benzene rings is 2. The molecule has 0 spiro atoms. The van der Waals surface area contributed by atoms with Crippen molar-refractivity contribution < 1.29 is 19.4 Å². The third-order valence-electron chi connectivity index (χ3n) is 7.40. The standard InChI is InChI=1S/C17H19N3O2.C16H17N3O2/c1-22-17(21)15-11-14(12-20-9-5-6-10-20)18-16(19-15)13-7-3-2-4-8-13;20-16(21)14-10-13(11-19-8-4-5-9-19)17-15(18-14)12-6-2-1-3-7-12/h2-4,7-8,11H,5-6,9-10,12H2,1H3;1-3,6-7,10H,4-5,8-9,11H2,(H,20,21). The number of esters is 1. The summed E-state index contributed by atoms with van der Waals surface area (Å²) in [5.74, 6) is -0.401. The van der Waals surface area contributed by atoms with Crippen molar-refractivity contribution in [2.75, 3.05) is 33.3 Å². The molecule has 10 heteroatoms. The summed E-state index contributed by atoms with van der Waals surface area (Å²) in [6.45, 7) is 5.69. The highest BCUT2D eigenvalue weighted by Crippen LogP contribution is 2.20. The molecular weight excluding hydrogens is 544 g/mol. The fourth-order valence-corrected chi connectivity index (χ4v) is 5.25. The third-order valence-corrected chi connectivity index (χ3v) is 7.40. The molecule has 4 aromatic rings. The van der Waals surface area contributed by atoms with Crippen LogP contribution in [-0.4, -0.2) is 80.1 Å². The van der Waals surface area contributed by atoms with Crippen LogP contribution < -0.4 is 0 Å². The lowest BCUT2D eigenvalue weighted by Crippen LogP contribution is -2.20. The second-order valence-electron chi connectivity index (χ2n) is 10.6. The van der Waals surface area contributed by atoms with Crippen LogP contribution in [0.5, 0.6) is 0 Å². The lowest BCUT2D eigenvalue weighted by molar-refractivity contribution is 0.0592. The average molecular weight is 581 g/mol. The Morgan fingerprint density at radius 1 is 0.674 bits per heavy atom. The van der Waals surface area contributed by atoms with E-state index >= 15 is 0 Å². The number of carbonyl (C=O) groups is 2. The lowest BCUT2D eigenvalue weighted by Gasteiger charge is -2.15. The minimum Gasteiger partial charge on any atom is -0.477 e. The summed E-state index contributed by atoms with van der Waals surface area (Å²) in [5, 5.41) is 9.24. The largest absolute Gasteiger partial charge is 0.477 e. The van der Waals surface area contributed by atoms with E-state index < -0.39 is 11.9 Å². The zero-order valence-electron chi connectivity index (χ0n) is 24.4. The molecule has 0 amide bonds. The summed E-state index contributed by atoms with van der Waals surface area (Å²) in [6.07, 6.45) is 4.84. The molecule has 4 heterocycles. The third kappa shape index (κ3) is 8.27. The van der Waals surface area contributed by atoms with Crippen molar-refractivity contribution in [3.63, 3.8) is 0 Å². The summed E-state index contributed by atoms with van der Waals surface area (Å²) < 4.78 is 4.81. The molecule has 2 aromatic heterocycles. The number of carboxylic acid groups (broad SMARTS) is 1. The fourth-order valence-electron chi connectivity index (χ4n) is 5.25. The Morgan fingerprint density at radius 3 is 1.51 bits per heavy atom. The summed E-state index contributed by atoms with van der Waals surface area (Å²) in [5.41, 5.74) is 3.72. The summed E-state index contributed by atoms with van der Waals surface area (Å²) in [6, 6.07) is 22.5. The van der Waals surface area contributed by atoms with E-state index in [1.165, 1.54) is 32.8 Å². The average Bonchev–Trinajstić information content (AvgIpc) is 3.76. The molecule has 2 aromatic carbocycles. The number of aromatic carboxylic acids is 1. The zero-order chi connectivity index (χ0) is 30.0. The topological polar surface area (TPSA) is 122 Å². The molecule has 10 nitrogen and oxygen atoms in total. The quantitative estimate of drug-likeness (QED) is 0.286. The van der Waals surface area contributed by atoms with Gasteiger partial charge < -0.3 is 9.84 Å². The van der Waals surface area contributed by atoms with Crippen LogP contribution in [0.1, 0.15) is 58.0 Å². The molecule has 222 valence electrons. The molecule has 0 atom stereocenters. The van der Waals surface area contributed by atoms with Gasteiger partial charge in [-0.25, -0.2) is 29.5 Å². The van der Waals surface area contributed by atoms with Crippen LogP contribution in [0.3, 0.4) is 0 Å². The number of carbonyl (C=O) groups excluding carboxylic acids is 1. The smallest absolute Gasteiger partial charge is 0.356 e. The van der Waals surface area contributed by atoms with E-state index in [0.717, 1.165) is 55.2 Å². The number of hydrogen-bond donors (Lipinski definition) is 1. The minimum atomic E-state index is -1.02. The van der Waals surface area contributed by atoms with Crippen LogP contribution in [0.15, 0.2) is 72.8 Å². The summed E-state index contributed by atoms with van der Waals surface area (Å²) >= 11 is 0. The molecule has 2 fully saturated rings. The van der Waals surface area contributed by atoms with Crippen molar-refractivity contribution in [1.29, 1.82) is 0 Å². The Hall–Kier alpha value is -4.54. The van der Waals surface area contributed by atoms with E-state index in [0.29, 0.717) is 23.9 Å². The van der Waals surface area contributed by atoms with Crippen molar-refractivity contribution in [1.82, 2.24) is 29.7 Å². The number of nitrogens with zero attached hydrogens (tertiary/aromatic N) is 6. The predicted octanol–water partition coefficient (Wildman–Crippen LogP) is 4.96. The second-order valence-corrected chi connectivity index (χ2v) is 10.6. The molecule has 6 rings (SSSR count). The van der Waals surface area contributed by atoms with Crippen molar-refractivity contribution in [2.45, 2.75) is 38.8 Å². The van der Waals surface area contributed by atoms with Gasteiger partial charge in [-0.2, -0.15) is 0 Å². The zero-order valence-corrected chi connectivity index (χ0v) is 24.4. The van der Waals surface area contributed by atoms with Gasteiger partial charge in [0, 0.05) is 24.2 Å². The van der Waals surface area contributed by atoms with Crippen LogP contribution in [0.4, 0.5) is 0 Å². The van der Waals surface area contributed by atoms with E-state index in [1.807, 2.05) is 60.7 Å². The fraction of sp³-hybridized carbons (Fsp3) is 0.333. The predicted molar refractivity (Wildman–Crippen MR) is 162 cm³/mol. The van der Waals surface area contributed by atoms with E-state index in [1.54, 1.807) is 12.1 Å². The van der Waals surface area contributed by atoms with Crippen LogP contribution in [0.25, 0.3) is 22.8 Å². The van der Waals surface area contributed by atoms with E-state index in [9.17, 15) is 14.7 Å². The van der Waals surface area contributed by atoms with Gasteiger partial charge in [0.15, 0.2) is 23.0 Å². The number of aromatic nitrogens is 4. The Bertz CT molecular complexity index is 1520. The Kier molecular flexibility index (Phi) is 10.1.